The van der Waals surface area contributed by atoms with Gasteiger partial charge < -0.3 is 19.5 Å². The molecule has 0 bridgehead atoms. The minimum atomic E-state index is -0.0605. The van der Waals surface area contributed by atoms with Gasteiger partial charge in [0.1, 0.15) is 10.7 Å². The molecule has 5 rings (SSSR count). The third kappa shape index (κ3) is 4.68. The normalized spacial score (nSPS) is 16.1. The van der Waals surface area contributed by atoms with Crippen LogP contribution in [0.5, 0.6) is 0 Å². The number of para-hydroxylation sites is 1. The van der Waals surface area contributed by atoms with Crippen LogP contribution in [-0.4, -0.2) is 54.1 Å². The Morgan fingerprint density at radius 1 is 1.21 bits per heavy atom. The van der Waals surface area contributed by atoms with Gasteiger partial charge in [-0.15, -0.1) is 11.3 Å². The molecule has 2 aromatic heterocycles. The van der Waals surface area contributed by atoms with E-state index in [-0.39, 0.29) is 11.5 Å². The summed E-state index contributed by atoms with van der Waals surface area (Å²) >= 11 is 1.65. The SMILES string of the molecule is CN(Cc1ccccc1N1CCOCC1)C(=O)CCc1nc2sc3c(c2c(=O)[nH]1)CCCC3. The summed E-state index contributed by atoms with van der Waals surface area (Å²) in [6.07, 6.45) is 5.07. The maximum absolute atomic E-state index is 12.9. The quantitative estimate of drug-likeness (QED) is 0.603. The molecule has 1 saturated heterocycles. The average molecular weight is 467 g/mol. The number of aromatic nitrogens is 2. The zero-order valence-electron chi connectivity index (χ0n) is 19.1. The van der Waals surface area contributed by atoms with Crippen LogP contribution < -0.4 is 10.5 Å². The number of morpholine rings is 1. The molecule has 8 heteroatoms. The summed E-state index contributed by atoms with van der Waals surface area (Å²) in [5, 5.41) is 0.765. The predicted octanol–water partition coefficient (Wildman–Crippen LogP) is 3.29. The molecule has 0 spiro atoms. The van der Waals surface area contributed by atoms with Crippen LogP contribution in [0.4, 0.5) is 5.69 Å². The van der Waals surface area contributed by atoms with Crippen molar-refractivity contribution in [2.75, 3.05) is 38.3 Å². The van der Waals surface area contributed by atoms with Crippen molar-refractivity contribution < 1.29 is 9.53 Å². The van der Waals surface area contributed by atoms with E-state index in [1.165, 1.54) is 22.5 Å². The molecule has 3 heterocycles. The number of nitrogens with zero attached hydrogens (tertiary/aromatic N) is 3. The molecule has 0 radical (unpaired) electrons. The lowest BCUT2D eigenvalue weighted by molar-refractivity contribution is -0.130. The van der Waals surface area contributed by atoms with Gasteiger partial charge in [0.2, 0.25) is 5.91 Å². The number of carbonyl (C=O) groups is 1. The van der Waals surface area contributed by atoms with Crippen LogP contribution in [0.2, 0.25) is 0 Å². The van der Waals surface area contributed by atoms with E-state index in [4.69, 9.17) is 9.72 Å². The number of aryl methyl sites for hydroxylation is 3. The number of benzene rings is 1. The molecule has 3 aromatic rings. The Balaban J connectivity index is 1.25. The minimum Gasteiger partial charge on any atom is -0.378 e. The van der Waals surface area contributed by atoms with E-state index >= 15 is 0 Å². The van der Waals surface area contributed by atoms with Gasteiger partial charge in [-0.1, -0.05) is 18.2 Å². The number of carbonyl (C=O) groups excluding carboxylic acids is 1. The molecular weight excluding hydrogens is 436 g/mol. The first-order valence-electron chi connectivity index (χ1n) is 11.8. The number of amides is 1. The Bertz CT molecular complexity index is 1210. The fraction of sp³-hybridized carbons (Fsp3) is 0.480. The second kappa shape index (κ2) is 9.65. The van der Waals surface area contributed by atoms with Crippen LogP contribution in [0.25, 0.3) is 10.2 Å². The van der Waals surface area contributed by atoms with E-state index in [1.54, 1.807) is 16.2 Å². The molecule has 0 unspecified atom stereocenters. The standard InChI is InChI=1S/C25H30N4O3S/c1-28(16-17-6-2-4-8-19(17)29-12-14-32-15-13-29)22(30)11-10-21-26-24(31)23-18-7-3-5-9-20(18)33-25(23)27-21/h2,4,6,8H,3,5,7,9-16H2,1H3,(H,26,27,31). The first-order valence-corrected chi connectivity index (χ1v) is 12.6. The van der Waals surface area contributed by atoms with E-state index in [0.29, 0.717) is 25.2 Å². The molecule has 1 aliphatic carbocycles. The smallest absolute Gasteiger partial charge is 0.259 e. The van der Waals surface area contributed by atoms with Crippen LogP contribution in [0.1, 0.15) is 41.1 Å². The van der Waals surface area contributed by atoms with Crippen molar-refractivity contribution in [1.82, 2.24) is 14.9 Å². The maximum Gasteiger partial charge on any atom is 0.259 e. The lowest BCUT2D eigenvalue weighted by Crippen LogP contribution is -2.37. The highest BCUT2D eigenvalue weighted by molar-refractivity contribution is 7.18. The van der Waals surface area contributed by atoms with E-state index in [1.807, 2.05) is 19.2 Å². The van der Waals surface area contributed by atoms with Gasteiger partial charge in [-0.25, -0.2) is 4.98 Å². The van der Waals surface area contributed by atoms with Crippen molar-refractivity contribution in [2.45, 2.75) is 45.1 Å². The predicted molar refractivity (Wildman–Crippen MR) is 131 cm³/mol. The van der Waals surface area contributed by atoms with E-state index in [2.05, 4.69) is 22.0 Å². The first-order chi connectivity index (χ1) is 16.1. The lowest BCUT2D eigenvalue weighted by atomic mass is 9.97. The van der Waals surface area contributed by atoms with Gasteiger partial charge in [-0.2, -0.15) is 0 Å². The number of nitrogens with one attached hydrogen (secondary N) is 1. The molecule has 0 saturated carbocycles. The zero-order chi connectivity index (χ0) is 22.8. The topological polar surface area (TPSA) is 78.5 Å². The average Bonchev–Trinajstić information content (AvgIpc) is 3.22. The Hall–Kier alpha value is -2.71. The molecule has 7 nitrogen and oxygen atoms in total. The fourth-order valence-electron chi connectivity index (χ4n) is 4.84. The molecule has 33 heavy (non-hydrogen) atoms. The molecule has 174 valence electrons. The van der Waals surface area contributed by atoms with Crippen molar-refractivity contribution in [2.24, 2.45) is 0 Å². The molecule has 1 fully saturated rings. The Morgan fingerprint density at radius 2 is 2.00 bits per heavy atom. The van der Waals surface area contributed by atoms with Crippen molar-refractivity contribution in [3.63, 3.8) is 0 Å². The van der Waals surface area contributed by atoms with Crippen LogP contribution >= 0.6 is 11.3 Å². The largest absolute Gasteiger partial charge is 0.378 e. The number of ether oxygens (including phenoxy) is 1. The van der Waals surface area contributed by atoms with Crippen LogP contribution in [0.15, 0.2) is 29.1 Å². The Morgan fingerprint density at radius 3 is 2.85 bits per heavy atom. The Labute approximate surface area is 197 Å². The third-order valence-electron chi connectivity index (χ3n) is 6.63. The van der Waals surface area contributed by atoms with Crippen LogP contribution in [0.3, 0.4) is 0 Å². The highest BCUT2D eigenvalue weighted by atomic mass is 32.1. The van der Waals surface area contributed by atoms with Crippen LogP contribution in [-0.2, 0) is 35.3 Å². The van der Waals surface area contributed by atoms with E-state index in [9.17, 15) is 9.59 Å². The number of H-pyrrole nitrogens is 1. The highest BCUT2D eigenvalue weighted by Crippen LogP contribution is 2.33. The molecule has 1 aliphatic heterocycles. The van der Waals surface area contributed by atoms with Crippen molar-refractivity contribution in [3.05, 3.63) is 56.4 Å². The van der Waals surface area contributed by atoms with Crippen molar-refractivity contribution >= 4 is 33.1 Å². The summed E-state index contributed by atoms with van der Waals surface area (Å²) in [6.45, 7) is 3.73. The molecular formula is C25H30N4O3S. The van der Waals surface area contributed by atoms with E-state index < -0.39 is 0 Å². The van der Waals surface area contributed by atoms with Crippen molar-refractivity contribution in [3.8, 4) is 0 Å². The molecule has 1 amide bonds. The zero-order valence-corrected chi connectivity index (χ0v) is 19.9. The number of hydrogen-bond donors (Lipinski definition) is 1. The van der Waals surface area contributed by atoms with E-state index in [0.717, 1.165) is 61.3 Å². The number of rotatable bonds is 6. The summed E-state index contributed by atoms with van der Waals surface area (Å²) in [5.74, 6) is 0.640. The highest BCUT2D eigenvalue weighted by Gasteiger charge is 2.21. The van der Waals surface area contributed by atoms with Gasteiger partial charge in [-0.3, -0.25) is 9.59 Å². The van der Waals surface area contributed by atoms with Gasteiger partial charge in [0, 0.05) is 50.1 Å². The Kier molecular flexibility index (Phi) is 6.46. The number of aromatic amines is 1. The van der Waals surface area contributed by atoms with Gasteiger partial charge in [-0.05, 0) is 42.9 Å². The minimum absolute atomic E-state index is 0.0417. The summed E-state index contributed by atoms with van der Waals surface area (Å²) in [6, 6.07) is 8.25. The molecule has 1 aromatic carbocycles. The van der Waals surface area contributed by atoms with Crippen molar-refractivity contribution in [1.29, 1.82) is 0 Å². The second-order valence-electron chi connectivity index (χ2n) is 8.88. The molecule has 0 atom stereocenters. The number of hydrogen-bond acceptors (Lipinski definition) is 6. The summed E-state index contributed by atoms with van der Waals surface area (Å²) < 4.78 is 5.48. The van der Waals surface area contributed by atoms with Crippen LogP contribution in [0, 0.1) is 0 Å². The summed E-state index contributed by atoms with van der Waals surface area (Å²) in [4.78, 5) is 39.5. The number of fused-ring (bicyclic) bond motifs is 3. The molecule has 2 aliphatic rings. The summed E-state index contributed by atoms with van der Waals surface area (Å²) in [5.41, 5.74) is 3.43. The lowest BCUT2D eigenvalue weighted by Gasteiger charge is -2.31. The second-order valence-corrected chi connectivity index (χ2v) is 9.97. The maximum atomic E-state index is 12.9. The van der Waals surface area contributed by atoms with Gasteiger partial charge >= 0.3 is 0 Å². The number of anilines is 1. The third-order valence-corrected chi connectivity index (χ3v) is 7.81. The van der Waals surface area contributed by atoms with Gasteiger partial charge in [0.15, 0.2) is 0 Å². The summed E-state index contributed by atoms with van der Waals surface area (Å²) in [7, 11) is 1.84. The monoisotopic (exact) mass is 466 g/mol. The van der Waals surface area contributed by atoms with Gasteiger partial charge in [0.05, 0.1) is 18.6 Å². The molecule has 1 N–H and O–H groups in total. The van der Waals surface area contributed by atoms with Gasteiger partial charge in [0.25, 0.3) is 5.56 Å². The number of thiophene rings is 1. The first kappa shape index (κ1) is 22.1. The fourth-order valence-corrected chi connectivity index (χ4v) is 6.12.